The summed E-state index contributed by atoms with van der Waals surface area (Å²) in [7, 11) is 0. The minimum absolute atomic E-state index is 0.0851. The number of unbranched alkanes of at least 4 members (excludes halogenated alkanes) is 23. The number of allylic oxidation sites excluding steroid dienone is 10. The van der Waals surface area contributed by atoms with Gasteiger partial charge in [0.2, 0.25) is 0 Å². The normalized spacial score (nSPS) is 12.5. The van der Waals surface area contributed by atoms with E-state index >= 15 is 0 Å². The minimum Gasteiger partial charge on any atom is -0.462 e. The van der Waals surface area contributed by atoms with Gasteiger partial charge in [0.05, 0.1) is 0 Å². The van der Waals surface area contributed by atoms with E-state index in [2.05, 4.69) is 81.5 Å². The Morgan fingerprint density at radius 1 is 0.356 bits per heavy atom. The number of ether oxygens (including phenoxy) is 3. The van der Waals surface area contributed by atoms with Crippen LogP contribution in [0.15, 0.2) is 60.8 Å². The van der Waals surface area contributed by atoms with Gasteiger partial charge < -0.3 is 14.2 Å². The number of rotatable bonds is 44. The average Bonchev–Trinajstić information content (AvgIpc) is 3.23. The van der Waals surface area contributed by atoms with Crippen molar-refractivity contribution in [3.63, 3.8) is 0 Å². The van der Waals surface area contributed by atoms with Gasteiger partial charge in [-0.25, -0.2) is 0 Å². The molecule has 0 rings (SSSR count). The van der Waals surface area contributed by atoms with Crippen LogP contribution < -0.4 is 0 Å². The van der Waals surface area contributed by atoms with Crippen molar-refractivity contribution in [2.24, 2.45) is 0 Å². The highest BCUT2D eigenvalue weighted by Gasteiger charge is 2.19. The number of carbonyl (C=O) groups is 3. The summed E-state index contributed by atoms with van der Waals surface area (Å²) in [6.45, 7) is 6.47. The molecule has 1 atom stereocenters. The topological polar surface area (TPSA) is 78.9 Å². The number of hydrogen-bond donors (Lipinski definition) is 0. The molecule has 0 saturated heterocycles. The summed E-state index contributed by atoms with van der Waals surface area (Å²) in [4.78, 5) is 37.9. The van der Waals surface area contributed by atoms with E-state index in [1.165, 1.54) is 96.3 Å². The molecular formula is C53H92O6. The molecule has 0 aromatic carbocycles. The molecule has 0 aliphatic rings. The highest BCUT2D eigenvalue weighted by atomic mass is 16.6. The Kier molecular flexibility index (Phi) is 45.4. The van der Waals surface area contributed by atoms with E-state index in [4.69, 9.17) is 14.2 Å². The molecule has 340 valence electrons. The second kappa shape index (κ2) is 47.8. The predicted octanol–water partition coefficient (Wildman–Crippen LogP) is 16.1. The van der Waals surface area contributed by atoms with E-state index in [-0.39, 0.29) is 31.1 Å². The zero-order chi connectivity index (χ0) is 43.0. The molecule has 0 fully saturated rings. The molecule has 0 saturated carbocycles. The van der Waals surface area contributed by atoms with Crippen LogP contribution in [0, 0.1) is 0 Å². The maximum atomic E-state index is 12.7. The van der Waals surface area contributed by atoms with E-state index in [0.29, 0.717) is 19.3 Å². The summed E-state index contributed by atoms with van der Waals surface area (Å²) in [6.07, 6.45) is 57.7. The Labute approximate surface area is 364 Å². The maximum Gasteiger partial charge on any atom is 0.306 e. The van der Waals surface area contributed by atoms with Crippen LogP contribution in [0.4, 0.5) is 0 Å². The van der Waals surface area contributed by atoms with Crippen LogP contribution in [-0.4, -0.2) is 37.2 Å². The molecule has 59 heavy (non-hydrogen) atoms. The van der Waals surface area contributed by atoms with Crippen LogP contribution in [0.25, 0.3) is 0 Å². The van der Waals surface area contributed by atoms with Gasteiger partial charge in [-0.1, -0.05) is 197 Å². The van der Waals surface area contributed by atoms with Crippen LogP contribution in [0.1, 0.15) is 239 Å². The molecule has 0 aliphatic heterocycles. The third-order valence-electron chi connectivity index (χ3n) is 10.5. The summed E-state index contributed by atoms with van der Waals surface area (Å²) < 4.78 is 16.7. The Morgan fingerprint density at radius 2 is 0.661 bits per heavy atom. The second-order valence-corrected chi connectivity index (χ2v) is 16.3. The Balaban J connectivity index is 4.40. The van der Waals surface area contributed by atoms with Crippen molar-refractivity contribution in [3.8, 4) is 0 Å². The smallest absolute Gasteiger partial charge is 0.306 e. The summed E-state index contributed by atoms with van der Waals surface area (Å²) >= 11 is 0. The van der Waals surface area contributed by atoms with Gasteiger partial charge in [0.15, 0.2) is 6.10 Å². The third kappa shape index (κ3) is 46.0. The van der Waals surface area contributed by atoms with E-state index in [0.717, 1.165) is 103 Å². The van der Waals surface area contributed by atoms with E-state index < -0.39 is 6.10 Å². The van der Waals surface area contributed by atoms with Crippen LogP contribution in [0.5, 0.6) is 0 Å². The lowest BCUT2D eigenvalue weighted by Crippen LogP contribution is -2.30. The fraction of sp³-hybridized carbons (Fsp3) is 0.755. The zero-order valence-electron chi connectivity index (χ0n) is 38.8. The molecule has 0 aromatic heterocycles. The van der Waals surface area contributed by atoms with Gasteiger partial charge >= 0.3 is 17.9 Å². The van der Waals surface area contributed by atoms with Gasteiger partial charge in [-0.15, -0.1) is 0 Å². The molecule has 0 bridgehead atoms. The minimum atomic E-state index is -0.783. The van der Waals surface area contributed by atoms with Crippen molar-refractivity contribution in [1.29, 1.82) is 0 Å². The first-order valence-corrected chi connectivity index (χ1v) is 24.8. The maximum absolute atomic E-state index is 12.7. The zero-order valence-corrected chi connectivity index (χ0v) is 38.8. The Morgan fingerprint density at radius 3 is 1.07 bits per heavy atom. The first-order valence-electron chi connectivity index (χ1n) is 24.8. The summed E-state index contributed by atoms with van der Waals surface area (Å²) in [5.41, 5.74) is 0. The van der Waals surface area contributed by atoms with Crippen molar-refractivity contribution in [3.05, 3.63) is 60.8 Å². The average molecular weight is 825 g/mol. The quantitative estimate of drug-likeness (QED) is 0.0263. The first-order chi connectivity index (χ1) is 29.0. The monoisotopic (exact) mass is 825 g/mol. The predicted molar refractivity (Wildman–Crippen MR) is 251 cm³/mol. The lowest BCUT2D eigenvalue weighted by Gasteiger charge is -2.18. The lowest BCUT2D eigenvalue weighted by molar-refractivity contribution is -0.167. The van der Waals surface area contributed by atoms with Crippen molar-refractivity contribution < 1.29 is 28.6 Å². The van der Waals surface area contributed by atoms with Crippen LogP contribution in [0.3, 0.4) is 0 Å². The van der Waals surface area contributed by atoms with Gasteiger partial charge in [-0.05, 0) is 83.5 Å². The molecule has 0 N–H and O–H groups in total. The molecule has 0 heterocycles. The van der Waals surface area contributed by atoms with Crippen molar-refractivity contribution in [2.45, 2.75) is 245 Å². The van der Waals surface area contributed by atoms with Crippen molar-refractivity contribution in [1.82, 2.24) is 0 Å². The summed E-state index contributed by atoms with van der Waals surface area (Å²) in [6, 6.07) is 0. The van der Waals surface area contributed by atoms with E-state index in [9.17, 15) is 14.4 Å². The molecule has 0 aromatic rings. The highest BCUT2D eigenvalue weighted by Crippen LogP contribution is 2.14. The standard InChI is InChI=1S/C53H92O6/c1-4-7-10-13-16-19-22-24-25-26-27-29-32-34-37-40-43-46-52(55)58-49-50(59-53(56)47-44-41-38-35-30-21-18-15-12-9-6-3)48-57-51(54)45-42-39-36-33-31-28-23-20-17-14-11-8-5-2/h7,10,16,19-20,23-25,27,29,50H,4-6,8-9,11-15,17-18,21-22,26,28,30-49H2,1-3H3/b10-7-,19-16-,23-20-,25-24-,29-27-/t50-/m0/s1. The van der Waals surface area contributed by atoms with Crippen molar-refractivity contribution in [2.75, 3.05) is 13.2 Å². The van der Waals surface area contributed by atoms with Crippen LogP contribution in [0.2, 0.25) is 0 Å². The molecule has 0 unspecified atom stereocenters. The third-order valence-corrected chi connectivity index (χ3v) is 10.5. The Hall–Kier alpha value is -2.89. The molecule has 0 aliphatic carbocycles. The van der Waals surface area contributed by atoms with Gasteiger partial charge in [-0.3, -0.25) is 14.4 Å². The first kappa shape index (κ1) is 56.1. The summed E-state index contributed by atoms with van der Waals surface area (Å²) in [5, 5.41) is 0. The van der Waals surface area contributed by atoms with E-state index in [1.807, 2.05) is 0 Å². The molecular weight excluding hydrogens is 733 g/mol. The lowest BCUT2D eigenvalue weighted by atomic mass is 10.1. The number of carbonyl (C=O) groups excluding carboxylic acids is 3. The Bertz CT molecular complexity index is 1090. The van der Waals surface area contributed by atoms with E-state index in [1.54, 1.807) is 0 Å². The second-order valence-electron chi connectivity index (χ2n) is 16.3. The van der Waals surface area contributed by atoms with Gasteiger partial charge in [0.25, 0.3) is 0 Å². The van der Waals surface area contributed by atoms with Gasteiger partial charge in [-0.2, -0.15) is 0 Å². The molecule has 0 amide bonds. The SMILES string of the molecule is CC/C=C\C/C=C\C/C=C\C/C=C\CCCCCCC(=O)OC[C@H](COC(=O)CCCCCCC/C=C\CCCCCC)OC(=O)CCCCCCCCCCCCC. The fourth-order valence-corrected chi connectivity index (χ4v) is 6.78. The van der Waals surface area contributed by atoms with Crippen LogP contribution in [-0.2, 0) is 28.6 Å². The van der Waals surface area contributed by atoms with Crippen LogP contribution >= 0.6 is 0 Å². The van der Waals surface area contributed by atoms with Gasteiger partial charge in [0, 0.05) is 19.3 Å². The number of hydrogen-bond acceptors (Lipinski definition) is 6. The van der Waals surface area contributed by atoms with Crippen molar-refractivity contribution >= 4 is 17.9 Å². The highest BCUT2D eigenvalue weighted by molar-refractivity contribution is 5.71. The summed E-state index contributed by atoms with van der Waals surface area (Å²) in [5.74, 6) is -0.916. The van der Waals surface area contributed by atoms with Gasteiger partial charge in [0.1, 0.15) is 13.2 Å². The molecule has 6 heteroatoms. The molecule has 6 nitrogen and oxygen atoms in total. The largest absolute Gasteiger partial charge is 0.462 e. The number of esters is 3. The molecule has 0 spiro atoms. The fourth-order valence-electron chi connectivity index (χ4n) is 6.78. The molecule has 0 radical (unpaired) electrons.